The number of hydrogen-bond donors (Lipinski definition) is 1. The van der Waals surface area contributed by atoms with Crippen LogP contribution in [0.3, 0.4) is 0 Å². The molecule has 0 amide bonds. The molecule has 0 aliphatic carbocycles. The molecule has 5 heteroatoms. The van der Waals surface area contributed by atoms with Crippen LogP contribution in [0.4, 0.5) is 0 Å². The fourth-order valence-corrected chi connectivity index (χ4v) is 2.13. The molecule has 1 aliphatic heterocycles. The van der Waals surface area contributed by atoms with Gasteiger partial charge >= 0.3 is 7.12 Å². The first-order valence-corrected chi connectivity index (χ1v) is 7.53. The Kier molecular flexibility index (Phi) is 4.86. The van der Waals surface area contributed by atoms with Gasteiger partial charge in [-0.1, -0.05) is 12.0 Å². The first-order valence-electron chi connectivity index (χ1n) is 7.53. The van der Waals surface area contributed by atoms with E-state index in [9.17, 15) is 0 Å². The zero-order chi connectivity index (χ0) is 15.5. The summed E-state index contributed by atoms with van der Waals surface area (Å²) in [7, 11) is -0.325. The third-order valence-electron chi connectivity index (χ3n) is 4.21. The van der Waals surface area contributed by atoms with Crippen molar-refractivity contribution in [3.63, 3.8) is 0 Å². The van der Waals surface area contributed by atoms with E-state index in [4.69, 9.17) is 15.0 Å². The third kappa shape index (κ3) is 3.93. The molecule has 21 heavy (non-hydrogen) atoms. The Hall–Kier alpha value is -1.17. The van der Waals surface area contributed by atoms with Crippen molar-refractivity contribution in [1.29, 1.82) is 0 Å². The Morgan fingerprint density at radius 1 is 1.19 bits per heavy atom. The average Bonchev–Trinajstić information content (AvgIpc) is 2.63. The van der Waals surface area contributed by atoms with Crippen molar-refractivity contribution in [3.05, 3.63) is 35.6 Å². The van der Waals surface area contributed by atoms with Gasteiger partial charge in [-0.25, -0.2) is 0 Å². The van der Waals surface area contributed by atoms with Crippen LogP contribution < -0.4 is 5.73 Å². The second kappa shape index (κ2) is 6.30. The Morgan fingerprint density at radius 3 is 2.38 bits per heavy atom. The van der Waals surface area contributed by atoms with Crippen molar-refractivity contribution in [2.45, 2.75) is 51.7 Å². The van der Waals surface area contributed by atoms with Crippen LogP contribution in [0, 0.1) is 0 Å². The lowest BCUT2D eigenvalue weighted by molar-refractivity contribution is 0.00578. The van der Waals surface area contributed by atoms with Gasteiger partial charge in [-0.05, 0) is 64.8 Å². The first-order chi connectivity index (χ1) is 9.84. The van der Waals surface area contributed by atoms with Crippen LogP contribution in [-0.2, 0) is 15.7 Å². The molecule has 0 saturated carbocycles. The molecule has 0 aromatic carbocycles. The quantitative estimate of drug-likeness (QED) is 0.846. The molecule has 1 aromatic rings. The molecule has 1 saturated heterocycles. The Morgan fingerprint density at radius 2 is 1.86 bits per heavy atom. The van der Waals surface area contributed by atoms with Crippen molar-refractivity contribution >= 4 is 13.2 Å². The fraction of sp³-hybridized carbons (Fsp3) is 0.562. The zero-order valence-electron chi connectivity index (χ0n) is 13.4. The minimum absolute atomic E-state index is 0.304. The van der Waals surface area contributed by atoms with Crippen LogP contribution in [0.5, 0.6) is 0 Å². The van der Waals surface area contributed by atoms with Crippen molar-refractivity contribution in [2.24, 2.45) is 5.73 Å². The second-order valence-electron chi connectivity index (χ2n) is 6.47. The van der Waals surface area contributed by atoms with Crippen LogP contribution in [0.25, 0.3) is 6.08 Å². The molecule has 114 valence electrons. The van der Waals surface area contributed by atoms with Crippen LogP contribution in [0.1, 0.15) is 45.4 Å². The maximum Gasteiger partial charge on any atom is 0.487 e. The molecule has 2 rings (SSSR count). The topological polar surface area (TPSA) is 57.4 Å². The Labute approximate surface area is 127 Å². The summed E-state index contributed by atoms with van der Waals surface area (Å²) in [6.07, 6.45) is 5.81. The normalized spacial score (nSPS) is 20.3. The van der Waals surface area contributed by atoms with Crippen LogP contribution >= 0.6 is 0 Å². The average molecular weight is 288 g/mol. The lowest BCUT2D eigenvalue weighted by Crippen LogP contribution is -2.41. The predicted molar refractivity (Wildman–Crippen MR) is 86.7 cm³/mol. The van der Waals surface area contributed by atoms with E-state index in [2.05, 4.69) is 11.1 Å². The molecule has 0 unspecified atom stereocenters. The summed E-state index contributed by atoms with van der Waals surface area (Å²) in [5, 5.41) is 0. The summed E-state index contributed by atoms with van der Waals surface area (Å²) in [5.41, 5.74) is 7.02. The summed E-state index contributed by atoms with van der Waals surface area (Å²) in [4.78, 5) is 4.43. The van der Waals surface area contributed by atoms with Gasteiger partial charge in [-0.3, -0.25) is 4.98 Å². The second-order valence-corrected chi connectivity index (χ2v) is 6.47. The van der Waals surface area contributed by atoms with E-state index in [1.807, 2.05) is 52.0 Å². The monoisotopic (exact) mass is 288 g/mol. The van der Waals surface area contributed by atoms with Gasteiger partial charge in [-0.15, -0.1) is 0 Å². The van der Waals surface area contributed by atoms with Crippen molar-refractivity contribution in [1.82, 2.24) is 4.98 Å². The summed E-state index contributed by atoms with van der Waals surface area (Å²) in [6.45, 7) is 8.90. The van der Waals surface area contributed by atoms with Crippen molar-refractivity contribution in [3.8, 4) is 0 Å². The smallest absolute Gasteiger partial charge is 0.400 e. The molecule has 0 bridgehead atoms. The predicted octanol–water partition coefficient (Wildman–Crippen LogP) is 2.62. The van der Waals surface area contributed by atoms with E-state index in [0.29, 0.717) is 6.54 Å². The van der Waals surface area contributed by atoms with Crippen LogP contribution in [0.2, 0.25) is 0 Å². The standard InChI is InChI=1S/C16H25BN2O2/c1-15(2)16(3,4)21-17(20-15)10-9-14-8-7-13(12-19-14)6-5-11-18/h7-10,12H,5-6,11,18H2,1-4H3/b10-9+. The van der Waals surface area contributed by atoms with E-state index in [0.717, 1.165) is 18.5 Å². The number of pyridine rings is 1. The molecule has 1 aromatic heterocycles. The summed E-state index contributed by atoms with van der Waals surface area (Å²) >= 11 is 0. The van der Waals surface area contributed by atoms with E-state index in [1.165, 1.54) is 5.56 Å². The van der Waals surface area contributed by atoms with Gasteiger partial charge in [-0.2, -0.15) is 0 Å². The first kappa shape index (κ1) is 16.2. The SMILES string of the molecule is CC1(C)OB(/C=C/c2ccc(CCCN)cn2)OC1(C)C. The number of nitrogens with two attached hydrogens (primary N) is 1. The van der Waals surface area contributed by atoms with E-state index >= 15 is 0 Å². The molecule has 2 N–H and O–H groups in total. The Balaban J connectivity index is 1.96. The Bertz CT molecular complexity index is 482. The number of rotatable bonds is 5. The fourth-order valence-electron chi connectivity index (χ4n) is 2.13. The lowest BCUT2D eigenvalue weighted by Gasteiger charge is -2.32. The van der Waals surface area contributed by atoms with Gasteiger partial charge in [0.15, 0.2) is 0 Å². The highest BCUT2D eigenvalue weighted by atomic mass is 16.7. The summed E-state index contributed by atoms with van der Waals surface area (Å²) < 4.78 is 11.8. The van der Waals surface area contributed by atoms with E-state index in [1.54, 1.807) is 0 Å². The highest BCUT2D eigenvalue weighted by molar-refractivity contribution is 6.52. The van der Waals surface area contributed by atoms with Crippen molar-refractivity contribution < 1.29 is 9.31 Å². The van der Waals surface area contributed by atoms with E-state index < -0.39 is 0 Å². The highest BCUT2D eigenvalue weighted by Gasteiger charge is 2.49. The molecule has 1 aliphatic rings. The molecular weight excluding hydrogens is 263 g/mol. The number of aromatic nitrogens is 1. The van der Waals surface area contributed by atoms with Gasteiger partial charge in [0.1, 0.15) is 0 Å². The maximum absolute atomic E-state index is 5.91. The highest BCUT2D eigenvalue weighted by Crippen LogP contribution is 2.36. The molecule has 0 spiro atoms. The number of aryl methyl sites for hydroxylation is 1. The summed E-state index contributed by atoms with van der Waals surface area (Å²) in [6, 6.07) is 4.10. The molecule has 2 heterocycles. The number of hydrogen-bond acceptors (Lipinski definition) is 4. The molecule has 1 fully saturated rings. The van der Waals surface area contributed by atoms with Crippen LogP contribution in [-0.4, -0.2) is 29.8 Å². The zero-order valence-corrected chi connectivity index (χ0v) is 13.4. The third-order valence-corrected chi connectivity index (χ3v) is 4.21. The molecule has 0 radical (unpaired) electrons. The van der Waals surface area contributed by atoms with Crippen LogP contribution in [0.15, 0.2) is 24.3 Å². The minimum atomic E-state index is -0.325. The van der Waals surface area contributed by atoms with Gasteiger partial charge in [0, 0.05) is 6.20 Å². The maximum atomic E-state index is 5.91. The molecule has 4 nitrogen and oxygen atoms in total. The minimum Gasteiger partial charge on any atom is -0.400 e. The van der Waals surface area contributed by atoms with Gasteiger partial charge in [0.25, 0.3) is 0 Å². The molecule has 0 atom stereocenters. The van der Waals surface area contributed by atoms with Crippen molar-refractivity contribution in [2.75, 3.05) is 6.54 Å². The van der Waals surface area contributed by atoms with E-state index in [-0.39, 0.29) is 18.3 Å². The van der Waals surface area contributed by atoms with Gasteiger partial charge in [0.2, 0.25) is 0 Å². The summed E-state index contributed by atoms with van der Waals surface area (Å²) in [5.74, 6) is 1.92. The lowest BCUT2D eigenvalue weighted by atomic mass is 9.89. The van der Waals surface area contributed by atoms with Gasteiger partial charge in [0.05, 0.1) is 16.9 Å². The molecular formula is C16H25BN2O2. The number of nitrogens with zero attached hydrogens (tertiary/aromatic N) is 1. The largest absolute Gasteiger partial charge is 0.487 e. The van der Waals surface area contributed by atoms with Gasteiger partial charge < -0.3 is 15.0 Å².